The number of nitrogens with one attached hydrogen (secondary N) is 2. The summed E-state index contributed by atoms with van der Waals surface area (Å²) >= 11 is 0. The average molecular weight is 407 g/mol. The number of ether oxygens (including phenoxy) is 1. The van der Waals surface area contributed by atoms with Crippen LogP contribution in [0, 0.1) is 5.92 Å². The number of benzene rings is 2. The largest absolute Gasteiger partial charge is 0.497 e. The van der Waals surface area contributed by atoms with Crippen molar-refractivity contribution in [1.29, 1.82) is 0 Å². The smallest absolute Gasteiger partial charge is 0.244 e. The zero-order valence-corrected chi connectivity index (χ0v) is 16.8. The van der Waals surface area contributed by atoms with Crippen LogP contribution in [0.2, 0.25) is 0 Å². The fraction of sp³-hybridized carbons (Fsp3) is 0.261. The van der Waals surface area contributed by atoms with Gasteiger partial charge in [0.05, 0.1) is 13.0 Å². The molecule has 3 rings (SSSR count). The zero-order chi connectivity index (χ0) is 21.3. The summed E-state index contributed by atoms with van der Waals surface area (Å²) in [6.45, 7) is 0.932. The Morgan fingerprint density at radius 3 is 2.63 bits per heavy atom. The molecule has 0 bridgehead atoms. The van der Waals surface area contributed by atoms with Gasteiger partial charge in [0, 0.05) is 43.9 Å². The van der Waals surface area contributed by atoms with Gasteiger partial charge in [-0.2, -0.15) is 0 Å². The van der Waals surface area contributed by atoms with E-state index in [1.807, 2.05) is 42.5 Å². The highest BCUT2D eigenvalue weighted by Crippen LogP contribution is 2.27. The van der Waals surface area contributed by atoms with Crippen molar-refractivity contribution in [3.63, 3.8) is 0 Å². The molecule has 1 aliphatic heterocycles. The molecule has 2 aromatic carbocycles. The standard InChI is InChI=1S/C23H25N3O4/c1-30-20-9-5-8-19(15-20)26-16-18(14-22(26)28)23(29)25-13-12-24-21(27)11-10-17-6-3-2-4-7-17/h2-11,15,18H,12-14,16H2,1H3,(H,24,27)(H,25,29)/b11-10+. The Bertz CT molecular complexity index is 927. The molecule has 7 heteroatoms. The number of nitrogens with zero attached hydrogens (tertiary/aromatic N) is 1. The lowest BCUT2D eigenvalue weighted by Crippen LogP contribution is -2.38. The highest BCUT2D eigenvalue weighted by Gasteiger charge is 2.35. The first-order valence-electron chi connectivity index (χ1n) is 9.80. The van der Waals surface area contributed by atoms with E-state index in [2.05, 4.69) is 10.6 Å². The predicted molar refractivity (Wildman–Crippen MR) is 115 cm³/mol. The molecule has 1 heterocycles. The summed E-state index contributed by atoms with van der Waals surface area (Å²) in [4.78, 5) is 38.2. The van der Waals surface area contributed by atoms with Crippen LogP contribution in [0.25, 0.3) is 6.08 Å². The van der Waals surface area contributed by atoms with Crippen LogP contribution in [-0.2, 0) is 14.4 Å². The number of methoxy groups -OCH3 is 1. The minimum Gasteiger partial charge on any atom is -0.497 e. The maximum Gasteiger partial charge on any atom is 0.244 e. The Labute approximate surface area is 175 Å². The van der Waals surface area contributed by atoms with E-state index in [0.29, 0.717) is 31.1 Å². The van der Waals surface area contributed by atoms with Crippen molar-refractivity contribution in [1.82, 2.24) is 10.6 Å². The van der Waals surface area contributed by atoms with E-state index in [0.717, 1.165) is 5.56 Å². The highest BCUT2D eigenvalue weighted by molar-refractivity contribution is 6.00. The van der Waals surface area contributed by atoms with Crippen molar-refractivity contribution in [3.8, 4) is 5.75 Å². The number of carbonyl (C=O) groups is 3. The number of hydrogen-bond acceptors (Lipinski definition) is 4. The second kappa shape index (κ2) is 10.2. The van der Waals surface area contributed by atoms with Crippen molar-refractivity contribution < 1.29 is 19.1 Å². The molecule has 1 aliphatic rings. The van der Waals surface area contributed by atoms with Crippen LogP contribution in [0.1, 0.15) is 12.0 Å². The lowest BCUT2D eigenvalue weighted by atomic mass is 10.1. The number of rotatable bonds is 8. The molecule has 1 fully saturated rings. The highest BCUT2D eigenvalue weighted by atomic mass is 16.5. The molecule has 1 unspecified atom stereocenters. The van der Waals surface area contributed by atoms with Gasteiger partial charge in [0.15, 0.2) is 0 Å². The van der Waals surface area contributed by atoms with Crippen LogP contribution < -0.4 is 20.3 Å². The average Bonchev–Trinajstić information content (AvgIpc) is 3.17. The van der Waals surface area contributed by atoms with E-state index in [-0.39, 0.29) is 24.1 Å². The van der Waals surface area contributed by atoms with E-state index in [4.69, 9.17) is 4.74 Å². The molecule has 30 heavy (non-hydrogen) atoms. The van der Waals surface area contributed by atoms with Gasteiger partial charge in [0.1, 0.15) is 5.75 Å². The van der Waals surface area contributed by atoms with Crippen molar-refractivity contribution in [2.75, 3.05) is 31.6 Å². The van der Waals surface area contributed by atoms with Gasteiger partial charge in [-0.25, -0.2) is 0 Å². The maximum absolute atomic E-state index is 12.4. The first kappa shape index (κ1) is 21.1. The first-order valence-corrected chi connectivity index (χ1v) is 9.80. The molecule has 156 valence electrons. The summed E-state index contributed by atoms with van der Waals surface area (Å²) in [6.07, 6.45) is 3.35. The Hall–Kier alpha value is -3.61. The molecule has 0 spiro atoms. The number of anilines is 1. The van der Waals surface area contributed by atoms with Gasteiger partial charge in [-0.1, -0.05) is 36.4 Å². The number of hydrogen-bond donors (Lipinski definition) is 2. The summed E-state index contributed by atoms with van der Waals surface area (Å²) in [5, 5.41) is 5.51. The molecule has 2 aromatic rings. The van der Waals surface area contributed by atoms with E-state index in [1.54, 1.807) is 30.2 Å². The third-order valence-electron chi connectivity index (χ3n) is 4.81. The molecule has 0 saturated carbocycles. The van der Waals surface area contributed by atoms with E-state index in [1.165, 1.54) is 6.08 Å². The summed E-state index contributed by atoms with van der Waals surface area (Å²) in [5.41, 5.74) is 1.65. The Kier molecular flexibility index (Phi) is 7.21. The van der Waals surface area contributed by atoms with Gasteiger partial charge in [0.2, 0.25) is 17.7 Å². The van der Waals surface area contributed by atoms with Crippen LogP contribution in [-0.4, -0.2) is 44.5 Å². The third-order valence-corrected chi connectivity index (χ3v) is 4.81. The maximum atomic E-state index is 12.4. The number of carbonyl (C=O) groups excluding carboxylic acids is 3. The van der Waals surface area contributed by atoms with Gasteiger partial charge < -0.3 is 20.3 Å². The van der Waals surface area contributed by atoms with Crippen LogP contribution in [0.4, 0.5) is 5.69 Å². The summed E-state index contributed by atoms with van der Waals surface area (Å²) in [7, 11) is 1.57. The van der Waals surface area contributed by atoms with Gasteiger partial charge in [-0.15, -0.1) is 0 Å². The van der Waals surface area contributed by atoms with Crippen LogP contribution in [0.3, 0.4) is 0 Å². The first-order chi connectivity index (χ1) is 14.6. The Morgan fingerprint density at radius 2 is 1.87 bits per heavy atom. The normalized spacial score (nSPS) is 16.0. The molecule has 0 radical (unpaired) electrons. The molecule has 1 saturated heterocycles. The lowest BCUT2D eigenvalue weighted by molar-refractivity contribution is -0.126. The van der Waals surface area contributed by atoms with Gasteiger partial charge in [-0.3, -0.25) is 14.4 Å². The topological polar surface area (TPSA) is 87.7 Å². The monoisotopic (exact) mass is 407 g/mol. The van der Waals surface area contributed by atoms with Crippen molar-refractivity contribution in [2.45, 2.75) is 6.42 Å². The molecule has 0 aliphatic carbocycles. The molecule has 0 aromatic heterocycles. The summed E-state index contributed by atoms with van der Waals surface area (Å²) in [6, 6.07) is 16.7. The Morgan fingerprint density at radius 1 is 1.10 bits per heavy atom. The Balaban J connectivity index is 1.41. The molecule has 3 amide bonds. The van der Waals surface area contributed by atoms with Crippen molar-refractivity contribution in [3.05, 3.63) is 66.2 Å². The van der Waals surface area contributed by atoms with Crippen LogP contribution >= 0.6 is 0 Å². The molecule has 2 N–H and O–H groups in total. The summed E-state index contributed by atoms with van der Waals surface area (Å²) in [5.74, 6) is -0.276. The lowest BCUT2D eigenvalue weighted by Gasteiger charge is -2.17. The molecule has 7 nitrogen and oxygen atoms in total. The molecule has 1 atom stereocenters. The van der Waals surface area contributed by atoms with E-state index >= 15 is 0 Å². The molecular weight excluding hydrogens is 382 g/mol. The van der Waals surface area contributed by atoms with Crippen molar-refractivity contribution >= 4 is 29.5 Å². The van der Waals surface area contributed by atoms with Crippen LogP contribution in [0.15, 0.2) is 60.7 Å². The zero-order valence-electron chi connectivity index (χ0n) is 16.8. The van der Waals surface area contributed by atoms with Gasteiger partial charge in [-0.05, 0) is 23.8 Å². The van der Waals surface area contributed by atoms with Crippen LogP contribution in [0.5, 0.6) is 5.75 Å². The number of amides is 3. The minimum absolute atomic E-state index is 0.0947. The SMILES string of the molecule is COc1cccc(N2CC(C(=O)NCCNC(=O)/C=C/c3ccccc3)CC2=O)c1. The predicted octanol–water partition coefficient (Wildman–Crippen LogP) is 1.99. The van der Waals surface area contributed by atoms with Gasteiger partial charge in [0.25, 0.3) is 0 Å². The van der Waals surface area contributed by atoms with E-state index < -0.39 is 5.92 Å². The van der Waals surface area contributed by atoms with E-state index in [9.17, 15) is 14.4 Å². The minimum atomic E-state index is -0.419. The second-order valence-electron chi connectivity index (χ2n) is 6.93. The molecular formula is C23H25N3O4. The fourth-order valence-corrected chi connectivity index (χ4v) is 3.22. The quantitative estimate of drug-likeness (QED) is 0.518. The van der Waals surface area contributed by atoms with Gasteiger partial charge >= 0.3 is 0 Å². The fourth-order valence-electron chi connectivity index (χ4n) is 3.22. The van der Waals surface area contributed by atoms with Crippen molar-refractivity contribution in [2.24, 2.45) is 5.92 Å². The third kappa shape index (κ3) is 5.70. The second-order valence-corrected chi connectivity index (χ2v) is 6.93. The summed E-state index contributed by atoms with van der Waals surface area (Å²) < 4.78 is 5.19.